The zero-order valence-electron chi connectivity index (χ0n) is 17.2. The lowest BCUT2D eigenvalue weighted by molar-refractivity contribution is -0.137. The Kier molecular flexibility index (Phi) is 4.50. The summed E-state index contributed by atoms with van der Waals surface area (Å²) in [6.07, 6.45) is -7.40. The van der Waals surface area contributed by atoms with Gasteiger partial charge in [-0.05, 0) is 29.8 Å². The summed E-state index contributed by atoms with van der Waals surface area (Å²) in [5.74, 6) is -3.55. The van der Waals surface area contributed by atoms with E-state index in [1.165, 1.54) is 12.1 Å². The monoisotopic (exact) mass is 450 g/mol. The van der Waals surface area contributed by atoms with E-state index in [9.17, 15) is 26.4 Å². The molecular formula is C18H13ClF3NO5S. The minimum atomic E-state index is -5.21. The largest absolute Gasteiger partial charge is 0.460 e. The quantitative estimate of drug-likeness (QED) is 0.698. The van der Waals surface area contributed by atoms with Crippen molar-refractivity contribution in [2.75, 3.05) is 0 Å². The topological polar surface area (TPSA) is 95.7 Å². The average molecular weight is 451 g/mol. The van der Waals surface area contributed by atoms with Crippen LogP contribution in [0.3, 0.4) is 0 Å². The molecule has 0 spiro atoms. The van der Waals surface area contributed by atoms with E-state index in [2.05, 4.69) is 4.18 Å². The third kappa shape index (κ3) is 4.83. The van der Waals surface area contributed by atoms with Gasteiger partial charge >= 0.3 is 16.3 Å². The second kappa shape index (κ2) is 7.60. The number of ether oxygens (including phenoxy) is 1. The van der Waals surface area contributed by atoms with Crippen molar-refractivity contribution in [2.24, 2.45) is 5.73 Å². The lowest BCUT2D eigenvalue weighted by Crippen LogP contribution is -2.16. The fraction of sp³-hybridized carbons (Fsp3) is 0.167. The Hall–Kier alpha value is -2.72. The minimum Gasteiger partial charge on any atom is -0.460 e. The van der Waals surface area contributed by atoms with E-state index in [0.717, 1.165) is 24.3 Å². The molecule has 6 nitrogen and oxygen atoms in total. The van der Waals surface area contributed by atoms with Crippen LogP contribution in [0.1, 0.15) is 26.9 Å². The van der Waals surface area contributed by atoms with Gasteiger partial charge in [0, 0.05) is 10.6 Å². The van der Waals surface area contributed by atoms with Crippen LogP contribution in [0.25, 0.3) is 0 Å². The van der Waals surface area contributed by atoms with Gasteiger partial charge in [0.2, 0.25) is 17.4 Å². The van der Waals surface area contributed by atoms with E-state index in [4.69, 9.17) is 26.2 Å². The maximum atomic E-state index is 12.7. The van der Waals surface area contributed by atoms with Gasteiger partial charge < -0.3 is 14.7 Å². The molecule has 0 fully saturated rings. The van der Waals surface area contributed by atoms with Crippen molar-refractivity contribution >= 4 is 27.5 Å². The molecule has 3 rings (SSSR count). The summed E-state index contributed by atoms with van der Waals surface area (Å²) in [6.45, 7) is 0. The number of rotatable bonds is 5. The molecule has 1 heterocycles. The number of hydrogen-bond donors (Lipinski definition) is 1. The van der Waals surface area contributed by atoms with Crippen molar-refractivity contribution in [1.82, 2.24) is 0 Å². The van der Waals surface area contributed by atoms with Gasteiger partial charge in [-0.25, -0.2) is 0 Å². The first-order valence-corrected chi connectivity index (χ1v) is 9.49. The van der Waals surface area contributed by atoms with Crippen LogP contribution >= 0.6 is 11.6 Å². The zero-order valence-corrected chi connectivity index (χ0v) is 15.7. The van der Waals surface area contributed by atoms with Crippen LogP contribution < -0.4 is 5.73 Å². The molecule has 0 saturated carbocycles. The predicted molar refractivity (Wildman–Crippen MR) is 96.7 cm³/mol. The Balaban J connectivity index is 1.90. The Labute approximate surface area is 173 Å². The first-order valence-electron chi connectivity index (χ1n) is 9.21. The molecule has 2 aromatic carbocycles. The number of carbonyl (C=O) groups excluding carboxylic acids is 1. The van der Waals surface area contributed by atoms with Gasteiger partial charge in [-0.2, -0.15) is 21.6 Å². The van der Waals surface area contributed by atoms with Gasteiger partial charge in [-0.1, -0.05) is 35.9 Å². The maximum absolute atomic E-state index is 12.7. The summed E-state index contributed by atoms with van der Waals surface area (Å²) in [5, 5.41) is 0.213. The predicted octanol–water partition coefficient (Wildman–Crippen LogP) is 3.67. The second-order valence-corrected chi connectivity index (χ2v) is 7.39. The number of benzene rings is 2. The van der Waals surface area contributed by atoms with Crippen molar-refractivity contribution < 1.29 is 39.4 Å². The molecule has 2 N–H and O–H groups in total. The number of carbonyl (C=O) groups is 1. The number of hydrogen-bond acceptors (Lipinski definition) is 6. The van der Waals surface area contributed by atoms with Crippen molar-refractivity contribution in [3.8, 4) is 0 Å². The van der Waals surface area contributed by atoms with Crippen LogP contribution in [0.15, 0.2) is 60.2 Å². The molecule has 1 aliphatic rings. The van der Waals surface area contributed by atoms with Crippen LogP contribution in [0.5, 0.6) is 0 Å². The molecule has 0 radical (unpaired) electrons. The zero-order chi connectivity index (χ0) is 24.1. The summed E-state index contributed by atoms with van der Waals surface area (Å²) in [4.78, 5) is 12.7. The Bertz CT molecular complexity index is 1200. The average Bonchev–Trinajstić information content (AvgIpc) is 2.91. The first-order chi connectivity index (χ1) is 14.6. The highest BCUT2D eigenvalue weighted by Gasteiger charge is 2.40. The fourth-order valence-electron chi connectivity index (χ4n) is 2.29. The van der Waals surface area contributed by atoms with Gasteiger partial charge in [0.25, 0.3) is 0 Å². The smallest absolute Gasteiger partial charge is 0.416 e. The van der Waals surface area contributed by atoms with Crippen molar-refractivity contribution in [3.05, 3.63) is 81.9 Å². The van der Waals surface area contributed by atoms with Gasteiger partial charge in [-0.15, -0.1) is 0 Å². The van der Waals surface area contributed by atoms with Crippen molar-refractivity contribution in [2.45, 2.75) is 18.0 Å². The Morgan fingerprint density at radius 1 is 1.17 bits per heavy atom. The van der Waals surface area contributed by atoms with Crippen LogP contribution in [-0.2, 0) is 35.7 Å². The number of ketones is 1. The van der Waals surface area contributed by atoms with E-state index in [-0.39, 0.29) is 16.1 Å². The molecule has 2 aromatic rings. The molecule has 154 valence electrons. The van der Waals surface area contributed by atoms with Crippen LogP contribution in [0, 0.1) is 0 Å². The van der Waals surface area contributed by atoms with Gasteiger partial charge in [0.15, 0.2) is 6.08 Å². The van der Waals surface area contributed by atoms with Crippen LogP contribution in [-0.4, -0.2) is 14.2 Å². The SMILES string of the molecule is [2H]C1(c2ccc(C(F)(F)F)cc2)OC(N)=C(OS(=O)(=O)C([2H])([2H])c2ccc(Cl)cc2)C1=O. The van der Waals surface area contributed by atoms with E-state index >= 15 is 0 Å². The molecule has 1 aliphatic heterocycles. The number of Topliss-reactive ketones (excluding diaryl/α,β-unsaturated/α-hetero) is 1. The summed E-state index contributed by atoms with van der Waals surface area (Å²) in [6, 6.07) is 7.45. The van der Waals surface area contributed by atoms with E-state index in [0.29, 0.717) is 12.1 Å². The molecule has 0 bridgehead atoms. The molecule has 1 unspecified atom stereocenters. The molecule has 0 saturated heterocycles. The fourth-order valence-corrected chi connectivity index (χ4v) is 3.26. The third-order valence-electron chi connectivity index (χ3n) is 3.60. The first kappa shape index (κ1) is 17.2. The van der Waals surface area contributed by atoms with Gasteiger partial charge in [-0.3, -0.25) is 4.79 Å². The lowest BCUT2D eigenvalue weighted by Gasteiger charge is -2.12. The van der Waals surface area contributed by atoms with E-state index in [1.807, 2.05) is 0 Å². The number of alkyl halides is 3. The number of nitrogens with two attached hydrogens (primary N) is 1. The molecule has 0 amide bonds. The third-order valence-corrected chi connectivity index (χ3v) is 4.73. The molecule has 1 atom stereocenters. The molecule has 29 heavy (non-hydrogen) atoms. The maximum Gasteiger partial charge on any atom is 0.416 e. The van der Waals surface area contributed by atoms with Gasteiger partial charge in [0.1, 0.15) is 5.70 Å². The molecule has 11 heteroatoms. The Morgan fingerprint density at radius 2 is 1.76 bits per heavy atom. The summed E-state index contributed by atoms with van der Waals surface area (Å²) < 4.78 is 97.0. The number of halogens is 4. The standard InChI is InChI=1S/C18H13ClF3NO5S/c19-13-7-1-10(2-8-13)9-29(25,26)28-16-14(24)15(27-17(16)23)11-3-5-12(6-4-11)18(20,21)22/h1-8,15H,9,23H2/i9D2,15D. The van der Waals surface area contributed by atoms with E-state index in [1.54, 1.807) is 0 Å². The van der Waals surface area contributed by atoms with Crippen molar-refractivity contribution in [1.29, 1.82) is 0 Å². The van der Waals surface area contributed by atoms with Crippen molar-refractivity contribution in [3.63, 3.8) is 0 Å². The Morgan fingerprint density at radius 3 is 2.31 bits per heavy atom. The minimum absolute atomic E-state index is 0.213. The summed E-state index contributed by atoms with van der Waals surface area (Å²) in [5.41, 5.74) is 0.541. The second-order valence-electron chi connectivity index (χ2n) is 5.68. The van der Waals surface area contributed by atoms with Gasteiger partial charge in [0.05, 0.1) is 9.68 Å². The molecule has 0 aromatic heterocycles. The molecule has 0 aliphatic carbocycles. The highest BCUT2D eigenvalue weighted by Crippen LogP contribution is 2.35. The van der Waals surface area contributed by atoms with E-state index < -0.39 is 51.1 Å². The molecular weight excluding hydrogens is 435 g/mol. The highest BCUT2D eigenvalue weighted by atomic mass is 35.5. The lowest BCUT2D eigenvalue weighted by atomic mass is 10.0. The summed E-state index contributed by atoms with van der Waals surface area (Å²) in [7, 11) is -5.21. The summed E-state index contributed by atoms with van der Waals surface area (Å²) >= 11 is 5.70. The highest BCUT2D eigenvalue weighted by molar-refractivity contribution is 7.86. The van der Waals surface area contributed by atoms with Crippen LogP contribution in [0.2, 0.25) is 5.02 Å². The normalized spacial score (nSPS) is 21.9. The van der Waals surface area contributed by atoms with Crippen LogP contribution in [0.4, 0.5) is 13.2 Å².